The van der Waals surface area contributed by atoms with Crippen molar-refractivity contribution in [3.05, 3.63) is 66.0 Å². The maximum absolute atomic E-state index is 15.6. The van der Waals surface area contributed by atoms with Crippen LogP contribution < -0.4 is 11.1 Å². The highest BCUT2D eigenvalue weighted by atomic mass is 19.1. The summed E-state index contributed by atoms with van der Waals surface area (Å²) in [6.07, 6.45) is 1.51. The molecule has 2 aliphatic carbocycles. The number of hydrogen-bond donors (Lipinski definition) is 2. The molecule has 7 rings (SSSR count). The largest absolute Gasteiger partial charge is 0.399 e. The van der Waals surface area contributed by atoms with Crippen molar-refractivity contribution in [2.24, 2.45) is 5.92 Å². The number of halogens is 2. The molecule has 6 nitrogen and oxygen atoms in total. The zero-order valence-electron chi connectivity index (χ0n) is 20.3. The van der Waals surface area contributed by atoms with E-state index in [9.17, 15) is 14.0 Å². The highest BCUT2D eigenvalue weighted by molar-refractivity contribution is 5.92. The fourth-order valence-corrected chi connectivity index (χ4v) is 5.82. The first-order valence-corrected chi connectivity index (χ1v) is 12.9. The Labute approximate surface area is 213 Å². The monoisotopic (exact) mass is 502 g/mol. The van der Waals surface area contributed by atoms with Crippen LogP contribution in [0.15, 0.2) is 54.6 Å². The Morgan fingerprint density at radius 3 is 2.35 bits per heavy atom. The number of carbonyl (C=O) groups is 2. The van der Waals surface area contributed by atoms with E-state index in [2.05, 4.69) is 5.32 Å². The first-order valence-electron chi connectivity index (χ1n) is 12.9. The number of nitrogens with one attached hydrogen (secondary N) is 1. The number of benzene rings is 3. The fraction of sp³-hybridized carbons (Fsp3) is 0.379. The van der Waals surface area contributed by atoms with Gasteiger partial charge in [0.1, 0.15) is 17.5 Å². The van der Waals surface area contributed by atoms with Gasteiger partial charge in [0.05, 0.1) is 0 Å². The highest BCUT2D eigenvalue weighted by Crippen LogP contribution is 2.47. The van der Waals surface area contributed by atoms with E-state index in [0.717, 1.165) is 34.7 Å². The molecule has 2 heterocycles. The number of fused-ring (bicyclic) bond motifs is 1. The van der Waals surface area contributed by atoms with Crippen LogP contribution in [0.2, 0.25) is 0 Å². The lowest BCUT2D eigenvalue weighted by molar-refractivity contribution is -0.146. The average Bonchev–Trinajstić information content (AvgIpc) is 3.78. The zero-order chi connectivity index (χ0) is 25.5. The van der Waals surface area contributed by atoms with Crippen molar-refractivity contribution in [1.82, 2.24) is 15.1 Å². The van der Waals surface area contributed by atoms with E-state index in [0.29, 0.717) is 43.7 Å². The fourth-order valence-electron chi connectivity index (χ4n) is 5.82. The van der Waals surface area contributed by atoms with Crippen molar-refractivity contribution in [2.75, 3.05) is 25.4 Å². The number of likely N-dealkylation sites (tertiary alicyclic amines) is 1. The summed E-state index contributed by atoms with van der Waals surface area (Å²) < 4.78 is 29.7. The number of alkyl halides is 1. The number of anilines is 1. The van der Waals surface area contributed by atoms with E-state index in [1.165, 1.54) is 6.07 Å². The molecular weight excluding hydrogens is 474 g/mol. The molecule has 3 aromatic rings. The second-order valence-corrected chi connectivity index (χ2v) is 11.2. The van der Waals surface area contributed by atoms with Crippen LogP contribution in [0.4, 0.5) is 14.5 Å². The molecule has 3 aromatic carbocycles. The lowest BCUT2D eigenvalue weighted by Gasteiger charge is -2.42. The minimum absolute atomic E-state index is 0.0105. The molecule has 3 N–H and O–H groups in total. The molecule has 37 heavy (non-hydrogen) atoms. The van der Waals surface area contributed by atoms with Crippen molar-refractivity contribution < 1.29 is 18.4 Å². The Morgan fingerprint density at radius 1 is 0.973 bits per heavy atom. The quantitative estimate of drug-likeness (QED) is 0.514. The van der Waals surface area contributed by atoms with Crippen LogP contribution in [-0.2, 0) is 9.59 Å². The topological polar surface area (TPSA) is 78.7 Å². The Hall–Kier alpha value is -3.52. The van der Waals surface area contributed by atoms with E-state index >= 15 is 4.39 Å². The van der Waals surface area contributed by atoms with Gasteiger partial charge in [0.15, 0.2) is 5.67 Å². The Bertz CT molecular complexity index is 1460. The molecular formula is C29H28F2N4O2. The molecule has 4 fully saturated rings. The van der Waals surface area contributed by atoms with Gasteiger partial charge in [0.2, 0.25) is 5.91 Å². The molecule has 1 atom stereocenters. The van der Waals surface area contributed by atoms with Gasteiger partial charge < -0.3 is 15.5 Å². The Kier molecular flexibility index (Phi) is 4.74. The van der Waals surface area contributed by atoms with Crippen LogP contribution >= 0.6 is 0 Å². The first-order chi connectivity index (χ1) is 17.7. The highest BCUT2D eigenvalue weighted by Gasteiger charge is 2.60. The Balaban J connectivity index is 1.12. The second kappa shape index (κ2) is 7.74. The second-order valence-electron chi connectivity index (χ2n) is 11.2. The van der Waals surface area contributed by atoms with Crippen LogP contribution in [0.3, 0.4) is 0 Å². The molecule has 2 aliphatic heterocycles. The van der Waals surface area contributed by atoms with E-state index < -0.39 is 23.3 Å². The van der Waals surface area contributed by atoms with Gasteiger partial charge in [-0.1, -0.05) is 30.3 Å². The molecule has 0 radical (unpaired) electrons. The van der Waals surface area contributed by atoms with Gasteiger partial charge in [-0.15, -0.1) is 0 Å². The normalized spacial score (nSPS) is 23.5. The predicted octanol–water partition coefficient (Wildman–Crippen LogP) is 4.15. The summed E-state index contributed by atoms with van der Waals surface area (Å²) in [6, 6.07) is 16.8. The third-order valence-electron chi connectivity index (χ3n) is 8.41. The SMILES string of the molecule is Nc1ccc2cc(-c3ccc(C4NC5(CC5)C(=O)N4CC4CN(C(=O)C5(F)CC5)C4)c(F)c3)ccc2c1. The molecule has 0 bridgehead atoms. The van der Waals surface area contributed by atoms with Crippen molar-refractivity contribution in [1.29, 1.82) is 0 Å². The molecule has 190 valence electrons. The number of nitrogens with two attached hydrogens (primary N) is 1. The molecule has 8 heteroatoms. The average molecular weight is 503 g/mol. The van der Waals surface area contributed by atoms with E-state index in [4.69, 9.17) is 5.73 Å². The zero-order valence-corrected chi connectivity index (χ0v) is 20.3. The summed E-state index contributed by atoms with van der Waals surface area (Å²) in [5.41, 5.74) is 6.39. The summed E-state index contributed by atoms with van der Waals surface area (Å²) >= 11 is 0. The smallest absolute Gasteiger partial charge is 0.260 e. The molecule has 0 aromatic heterocycles. The molecule has 4 aliphatic rings. The summed E-state index contributed by atoms with van der Waals surface area (Å²) in [5.74, 6) is -0.754. The van der Waals surface area contributed by atoms with E-state index in [1.807, 2.05) is 42.5 Å². The summed E-state index contributed by atoms with van der Waals surface area (Å²) in [4.78, 5) is 28.8. The molecule has 2 amide bonds. The van der Waals surface area contributed by atoms with E-state index in [-0.39, 0.29) is 17.6 Å². The number of rotatable bonds is 5. The molecule has 2 saturated heterocycles. The maximum atomic E-state index is 15.6. The van der Waals surface area contributed by atoms with Crippen LogP contribution in [0, 0.1) is 11.7 Å². The third kappa shape index (κ3) is 3.69. The van der Waals surface area contributed by atoms with Gasteiger partial charge in [-0.25, -0.2) is 8.78 Å². The number of carbonyl (C=O) groups excluding carboxylic acids is 2. The van der Waals surface area contributed by atoms with Crippen LogP contribution in [0.25, 0.3) is 21.9 Å². The van der Waals surface area contributed by atoms with Crippen molar-refractivity contribution in [3.8, 4) is 11.1 Å². The lowest BCUT2D eigenvalue weighted by Crippen LogP contribution is -2.56. The molecule has 1 unspecified atom stereocenters. The first kappa shape index (κ1) is 22.7. The van der Waals surface area contributed by atoms with Crippen LogP contribution in [0.1, 0.15) is 37.4 Å². The number of hydrogen-bond acceptors (Lipinski definition) is 4. The third-order valence-corrected chi connectivity index (χ3v) is 8.41. The van der Waals surface area contributed by atoms with Crippen molar-refractivity contribution in [2.45, 2.75) is 43.1 Å². The van der Waals surface area contributed by atoms with Gasteiger partial charge in [-0.3, -0.25) is 14.9 Å². The molecule has 2 saturated carbocycles. The van der Waals surface area contributed by atoms with Gasteiger partial charge in [-0.2, -0.15) is 0 Å². The van der Waals surface area contributed by atoms with Gasteiger partial charge >= 0.3 is 0 Å². The number of amides is 2. The standard InChI is InChI=1S/C29H28F2N4O2/c30-24-13-21(18-1-2-20-12-22(32)5-3-19(20)11-18)4-6-23(24)25-33-29(9-10-29)27(37)35(25)16-17-14-34(15-17)26(36)28(31)7-8-28/h1-6,11-13,17,25,33H,7-10,14-16,32H2. The minimum Gasteiger partial charge on any atom is -0.399 e. The number of nitrogens with zero attached hydrogens (tertiary/aromatic N) is 2. The lowest BCUT2D eigenvalue weighted by atomic mass is 9.97. The van der Waals surface area contributed by atoms with E-state index in [1.54, 1.807) is 15.9 Å². The number of nitrogen functional groups attached to an aromatic ring is 1. The van der Waals surface area contributed by atoms with Crippen molar-refractivity contribution in [3.63, 3.8) is 0 Å². The van der Waals surface area contributed by atoms with Gasteiger partial charge in [0, 0.05) is 36.8 Å². The Morgan fingerprint density at radius 2 is 1.65 bits per heavy atom. The summed E-state index contributed by atoms with van der Waals surface area (Å²) in [5, 5.41) is 5.44. The predicted molar refractivity (Wildman–Crippen MR) is 136 cm³/mol. The summed E-state index contributed by atoms with van der Waals surface area (Å²) in [6.45, 7) is 1.28. The summed E-state index contributed by atoms with van der Waals surface area (Å²) in [7, 11) is 0. The van der Waals surface area contributed by atoms with Gasteiger partial charge in [0.25, 0.3) is 5.91 Å². The maximum Gasteiger partial charge on any atom is 0.260 e. The van der Waals surface area contributed by atoms with Crippen LogP contribution in [-0.4, -0.2) is 52.5 Å². The van der Waals surface area contributed by atoms with Crippen LogP contribution in [0.5, 0.6) is 0 Å². The molecule has 1 spiro atoms. The van der Waals surface area contributed by atoms with Crippen molar-refractivity contribution >= 4 is 28.3 Å². The van der Waals surface area contributed by atoms with Gasteiger partial charge in [-0.05, 0) is 71.8 Å². The minimum atomic E-state index is -1.67.